The molecule has 0 N–H and O–H groups in total. The molecule has 0 saturated carbocycles. The number of aryl methyl sites for hydroxylation is 1. The van der Waals surface area contributed by atoms with Crippen LogP contribution >= 0.6 is 0 Å². The van der Waals surface area contributed by atoms with Crippen LogP contribution in [0.1, 0.15) is 63.8 Å². The van der Waals surface area contributed by atoms with Gasteiger partial charge in [0.15, 0.2) is 5.69 Å². The lowest BCUT2D eigenvalue weighted by atomic mass is 9.86. The maximum atomic E-state index is 14.2. The largest absolute Gasteiger partial charge is 0.416 e. The van der Waals surface area contributed by atoms with Crippen LogP contribution in [0.5, 0.6) is 0 Å². The summed E-state index contributed by atoms with van der Waals surface area (Å²) >= 11 is 0. The number of hydrogen-bond donors (Lipinski definition) is 0. The fourth-order valence-corrected chi connectivity index (χ4v) is 8.63. The summed E-state index contributed by atoms with van der Waals surface area (Å²) in [4.78, 5) is 4.06. The Labute approximate surface area is 342 Å². The van der Waals surface area contributed by atoms with Crippen molar-refractivity contribution in [3.8, 4) is 33.6 Å². The number of hydrogen-bond acceptors (Lipinski definition) is 0. The first-order valence-corrected chi connectivity index (χ1v) is 19.9. The topological polar surface area (TPSA) is 14.2 Å². The zero-order chi connectivity index (χ0) is 41.6. The highest BCUT2D eigenvalue weighted by molar-refractivity contribution is 6.11. The normalized spacial score (nSPS) is 12.6. The highest BCUT2D eigenvalue weighted by Crippen LogP contribution is 2.44. The van der Waals surface area contributed by atoms with E-state index < -0.39 is 11.7 Å². The average molecular weight is 780 g/mol. The third kappa shape index (κ3) is 6.46. The Morgan fingerprint density at radius 2 is 1.03 bits per heavy atom. The molecule has 0 fully saturated rings. The zero-order valence-corrected chi connectivity index (χ0v) is 34.3. The summed E-state index contributed by atoms with van der Waals surface area (Å²) in [6, 6.07) is 46.0. The van der Waals surface area contributed by atoms with Crippen molar-refractivity contribution in [3.63, 3.8) is 0 Å². The Balaban J connectivity index is 1.36. The van der Waals surface area contributed by atoms with E-state index in [4.69, 9.17) is 6.57 Å². The van der Waals surface area contributed by atoms with Gasteiger partial charge in [-0.15, -0.1) is 0 Å². The van der Waals surface area contributed by atoms with Gasteiger partial charge in [0.1, 0.15) is 0 Å². The molecule has 3 nitrogen and oxygen atoms in total. The van der Waals surface area contributed by atoms with Gasteiger partial charge in [0, 0.05) is 27.2 Å². The van der Waals surface area contributed by atoms with Gasteiger partial charge in [-0.1, -0.05) is 108 Å². The molecule has 0 unspecified atom stereocenters. The molecule has 0 aliphatic carbocycles. The second kappa shape index (κ2) is 13.5. The van der Waals surface area contributed by atoms with Gasteiger partial charge >= 0.3 is 6.18 Å². The van der Waals surface area contributed by atoms with E-state index in [0.29, 0.717) is 27.9 Å². The Hall–Kier alpha value is -6.58. The van der Waals surface area contributed by atoms with Crippen LogP contribution in [0.3, 0.4) is 0 Å². The molecule has 0 aliphatic rings. The predicted molar refractivity (Wildman–Crippen MR) is 239 cm³/mol. The van der Waals surface area contributed by atoms with Crippen molar-refractivity contribution in [3.05, 3.63) is 173 Å². The number of benzene rings is 7. The molecule has 0 radical (unpaired) electrons. The number of aromatic nitrogens is 2. The molecule has 0 saturated heterocycles. The summed E-state index contributed by atoms with van der Waals surface area (Å²) in [6.45, 7) is 23.4. The molecule has 9 aromatic rings. The molecule has 2 heterocycles. The first kappa shape index (κ1) is 38.0. The fraction of sp³-hybridized carbons (Fsp3) is 0.189. The van der Waals surface area contributed by atoms with Crippen LogP contribution < -0.4 is 0 Å². The standard InChI is InChI=1S/C53H44F3N3/c1-32-25-34(27-37(26-32)53(54,55)56)33-17-22-49(59-47-16-12-10-14-40(47)44-30-36(52(5,6)7)19-24-50(44)59)42(28-33)41-31-38(20-21-45(41)57-8)58-46-15-11-9-13-39(46)43-29-35(51(2,3)4)18-23-48(43)58/h9-31H,1-7H3. The Morgan fingerprint density at radius 3 is 1.61 bits per heavy atom. The van der Waals surface area contributed by atoms with E-state index in [2.05, 4.69) is 128 Å². The van der Waals surface area contributed by atoms with Crippen LogP contribution in [0.4, 0.5) is 18.9 Å². The highest BCUT2D eigenvalue weighted by atomic mass is 19.4. The summed E-state index contributed by atoms with van der Waals surface area (Å²) in [7, 11) is 0. The molecule has 2 aromatic heterocycles. The Morgan fingerprint density at radius 1 is 0.475 bits per heavy atom. The van der Waals surface area contributed by atoms with Crippen LogP contribution in [0.2, 0.25) is 0 Å². The van der Waals surface area contributed by atoms with E-state index >= 15 is 0 Å². The lowest BCUT2D eigenvalue weighted by molar-refractivity contribution is -0.137. The van der Waals surface area contributed by atoms with E-state index in [1.165, 1.54) is 23.3 Å². The second-order valence-electron chi connectivity index (χ2n) is 17.8. The van der Waals surface area contributed by atoms with Crippen molar-refractivity contribution in [2.24, 2.45) is 0 Å². The van der Waals surface area contributed by atoms with Gasteiger partial charge < -0.3 is 9.13 Å². The fourth-order valence-electron chi connectivity index (χ4n) is 8.63. The predicted octanol–water partition coefficient (Wildman–Crippen LogP) is 15.7. The summed E-state index contributed by atoms with van der Waals surface area (Å²) in [5, 5.41) is 4.48. The van der Waals surface area contributed by atoms with Gasteiger partial charge in [-0.3, -0.25) is 0 Å². The number of rotatable bonds is 4. The van der Waals surface area contributed by atoms with Crippen LogP contribution in [-0.4, -0.2) is 9.13 Å². The molecular weight excluding hydrogens is 736 g/mol. The molecule has 0 bridgehead atoms. The van der Waals surface area contributed by atoms with Crippen molar-refractivity contribution >= 4 is 49.3 Å². The number of alkyl halides is 3. The summed E-state index contributed by atoms with van der Waals surface area (Å²) < 4.78 is 47.1. The third-order valence-corrected chi connectivity index (χ3v) is 11.7. The summed E-state index contributed by atoms with van der Waals surface area (Å²) in [5.41, 5.74) is 10.9. The lowest BCUT2D eigenvalue weighted by Gasteiger charge is -2.20. The van der Waals surface area contributed by atoms with E-state index in [-0.39, 0.29) is 10.8 Å². The SMILES string of the molecule is [C-]#[N+]c1ccc(-n2c3ccccc3c3cc(C(C)(C)C)ccc32)cc1-c1cc(-c2cc(C)cc(C(F)(F)F)c2)ccc1-n1c2ccccc2c2cc(C(C)(C)C)ccc21. The minimum atomic E-state index is -4.50. The van der Waals surface area contributed by atoms with Gasteiger partial charge in [0.25, 0.3) is 0 Å². The van der Waals surface area contributed by atoms with Crippen molar-refractivity contribution in [2.45, 2.75) is 65.5 Å². The molecule has 0 spiro atoms. The van der Waals surface area contributed by atoms with Crippen molar-refractivity contribution in [1.82, 2.24) is 9.13 Å². The molecule has 0 aliphatic heterocycles. The van der Waals surface area contributed by atoms with Gasteiger partial charge in [-0.2, -0.15) is 13.2 Å². The van der Waals surface area contributed by atoms with Crippen molar-refractivity contribution < 1.29 is 13.2 Å². The second-order valence-corrected chi connectivity index (χ2v) is 17.8. The number of fused-ring (bicyclic) bond motifs is 6. The first-order chi connectivity index (χ1) is 28.0. The van der Waals surface area contributed by atoms with Crippen molar-refractivity contribution in [1.29, 1.82) is 0 Å². The van der Waals surface area contributed by atoms with Crippen LogP contribution in [0, 0.1) is 13.5 Å². The van der Waals surface area contributed by atoms with Gasteiger partial charge in [-0.05, 0) is 129 Å². The maximum Gasteiger partial charge on any atom is 0.416 e. The van der Waals surface area contributed by atoms with E-state index in [1.807, 2.05) is 48.5 Å². The van der Waals surface area contributed by atoms with Crippen molar-refractivity contribution in [2.75, 3.05) is 0 Å². The monoisotopic (exact) mass is 779 g/mol. The lowest BCUT2D eigenvalue weighted by Crippen LogP contribution is -2.10. The van der Waals surface area contributed by atoms with Crippen LogP contribution in [0.15, 0.2) is 140 Å². The molecule has 6 heteroatoms. The average Bonchev–Trinajstić information content (AvgIpc) is 3.71. The van der Waals surface area contributed by atoms with Gasteiger partial charge in [-0.25, -0.2) is 4.85 Å². The molecule has 59 heavy (non-hydrogen) atoms. The molecule has 0 amide bonds. The summed E-state index contributed by atoms with van der Waals surface area (Å²) in [6.07, 6.45) is -4.50. The first-order valence-electron chi connectivity index (χ1n) is 19.9. The number of halogens is 3. The van der Waals surface area contributed by atoms with Crippen LogP contribution in [0.25, 0.3) is 82.1 Å². The zero-order valence-electron chi connectivity index (χ0n) is 34.3. The van der Waals surface area contributed by atoms with Gasteiger partial charge in [0.05, 0.1) is 39.9 Å². The molecule has 0 atom stereocenters. The smallest absolute Gasteiger partial charge is 0.309 e. The maximum absolute atomic E-state index is 14.2. The quantitative estimate of drug-likeness (QED) is 0.158. The van der Waals surface area contributed by atoms with E-state index in [0.717, 1.165) is 60.5 Å². The summed E-state index contributed by atoms with van der Waals surface area (Å²) in [5.74, 6) is 0. The number of nitrogens with zero attached hydrogens (tertiary/aromatic N) is 3. The number of para-hydroxylation sites is 2. The highest BCUT2D eigenvalue weighted by Gasteiger charge is 2.31. The molecule has 7 aromatic carbocycles. The third-order valence-electron chi connectivity index (χ3n) is 11.7. The minimum Gasteiger partial charge on any atom is -0.309 e. The Kier molecular flexibility index (Phi) is 8.68. The van der Waals surface area contributed by atoms with Crippen LogP contribution in [-0.2, 0) is 17.0 Å². The molecular formula is C53H44F3N3. The van der Waals surface area contributed by atoms with E-state index in [9.17, 15) is 13.2 Å². The Bertz CT molecular complexity index is 3190. The molecule has 292 valence electrons. The minimum absolute atomic E-state index is 0.0391. The molecule has 9 rings (SSSR count). The van der Waals surface area contributed by atoms with E-state index in [1.54, 1.807) is 13.0 Å². The van der Waals surface area contributed by atoms with Gasteiger partial charge in [0.2, 0.25) is 0 Å².